The fourth-order valence-electron chi connectivity index (χ4n) is 3.14. The van der Waals surface area contributed by atoms with E-state index in [1.807, 2.05) is 0 Å². The molecule has 1 saturated carbocycles. The molecule has 0 aromatic heterocycles. The number of nitro benzene ring substituents is 1. The molecule has 1 fully saturated rings. The van der Waals surface area contributed by atoms with Crippen LogP contribution in [-0.4, -0.2) is 16.0 Å². The predicted octanol–water partition coefficient (Wildman–Crippen LogP) is 3.34. The van der Waals surface area contributed by atoms with Gasteiger partial charge in [0.1, 0.15) is 0 Å². The van der Waals surface area contributed by atoms with Crippen molar-refractivity contribution in [1.29, 1.82) is 0 Å². The van der Waals surface area contributed by atoms with Crippen molar-refractivity contribution >= 4 is 11.7 Å². The molecule has 0 amide bonds. The standard InChI is InChI=1S/C15H19NO4/c1-10-12(7-4-8-14(10)16(19)20)9-13(15(17)18)11-5-2-3-6-11/h4,7-8,11,13H,2-3,5-6,9H2,1H3,(H,17,18). The van der Waals surface area contributed by atoms with E-state index in [4.69, 9.17) is 0 Å². The normalized spacial score (nSPS) is 17.1. The molecule has 0 heterocycles. The molecule has 20 heavy (non-hydrogen) atoms. The monoisotopic (exact) mass is 277 g/mol. The van der Waals surface area contributed by atoms with Gasteiger partial charge in [0.25, 0.3) is 5.69 Å². The van der Waals surface area contributed by atoms with Crippen molar-refractivity contribution in [2.24, 2.45) is 11.8 Å². The summed E-state index contributed by atoms with van der Waals surface area (Å²) in [6.45, 7) is 1.70. The van der Waals surface area contributed by atoms with Gasteiger partial charge in [-0.05, 0) is 37.7 Å². The lowest BCUT2D eigenvalue weighted by Crippen LogP contribution is -2.24. The van der Waals surface area contributed by atoms with Gasteiger partial charge in [-0.1, -0.05) is 25.0 Å². The summed E-state index contributed by atoms with van der Waals surface area (Å²) >= 11 is 0. The van der Waals surface area contributed by atoms with Gasteiger partial charge in [-0.15, -0.1) is 0 Å². The van der Waals surface area contributed by atoms with Gasteiger partial charge in [-0.3, -0.25) is 14.9 Å². The Morgan fingerprint density at radius 3 is 2.65 bits per heavy atom. The Kier molecular flexibility index (Phi) is 4.37. The summed E-state index contributed by atoms with van der Waals surface area (Å²) in [6, 6.07) is 4.89. The third-order valence-corrected chi connectivity index (χ3v) is 4.34. The number of carboxylic acid groups (broad SMARTS) is 1. The highest BCUT2D eigenvalue weighted by atomic mass is 16.6. The summed E-state index contributed by atoms with van der Waals surface area (Å²) in [7, 11) is 0. The number of hydrogen-bond acceptors (Lipinski definition) is 3. The summed E-state index contributed by atoms with van der Waals surface area (Å²) in [5, 5.41) is 20.4. The molecular formula is C15H19NO4. The highest BCUT2D eigenvalue weighted by molar-refractivity contribution is 5.71. The number of nitrogens with zero attached hydrogens (tertiary/aromatic N) is 1. The molecule has 108 valence electrons. The maximum absolute atomic E-state index is 11.5. The molecule has 0 spiro atoms. The average Bonchev–Trinajstić information content (AvgIpc) is 2.90. The second kappa shape index (κ2) is 6.03. The fraction of sp³-hybridized carbons (Fsp3) is 0.533. The zero-order valence-electron chi connectivity index (χ0n) is 11.5. The maximum Gasteiger partial charge on any atom is 0.307 e. The molecule has 1 aliphatic rings. The van der Waals surface area contributed by atoms with Crippen molar-refractivity contribution < 1.29 is 14.8 Å². The molecule has 1 aromatic carbocycles. The van der Waals surface area contributed by atoms with Crippen LogP contribution < -0.4 is 0 Å². The van der Waals surface area contributed by atoms with Crippen LogP contribution >= 0.6 is 0 Å². The van der Waals surface area contributed by atoms with Crippen LogP contribution in [0.2, 0.25) is 0 Å². The van der Waals surface area contributed by atoms with Gasteiger partial charge in [0, 0.05) is 11.6 Å². The minimum Gasteiger partial charge on any atom is -0.481 e. The Balaban J connectivity index is 2.24. The van der Waals surface area contributed by atoms with Crippen molar-refractivity contribution in [1.82, 2.24) is 0 Å². The fourth-order valence-corrected chi connectivity index (χ4v) is 3.14. The van der Waals surface area contributed by atoms with Crippen molar-refractivity contribution in [3.63, 3.8) is 0 Å². The number of nitro groups is 1. The summed E-state index contributed by atoms with van der Waals surface area (Å²) in [5.74, 6) is -1.02. The van der Waals surface area contributed by atoms with Crippen LogP contribution in [0.5, 0.6) is 0 Å². The van der Waals surface area contributed by atoms with E-state index < -0.39 is 16.8 Å². The largest absolute Gasteiger partial charge is 0.481 e. The molecule has 5 nitrogen and oxygen atoms in total. The highest BCUT2D eigenvalue weighted by Crippen LogP contribution is 2.34. The molecule has 1 aliphatic carbocycles. The van der Waals surface area contributed by atoms with Crippen LogP contribution in [0.3, 0.4) is 0 Å². The highest BCUT2D eigenvalue weighted by Gasteiger charge is 2.31. The lowest BCUT2D eigenvalue weighted by Gasteiger charge is -2.20. The summed E-state index contributed by atoms with van der Waals surface area (Å²) in [4.78, 5) is 22.0. The molecule has 0 radical (unpaired) electrons. The summed E-state index contributed by atoms with van der Waals surface area (Å²) < 4.78 is 0. The minimum atomic E-state index is -0.789. The van der Waals surface area contributed by atoms with Crippen LogP contribution in [0, 0.1) is 28.9 Å². The van der Waals surface area contributed by atoms with Gasteiger partial charge in [-0.2, -0.15) is 0 Å². The smallest absolute Gasteiger partial charge is 0.307 e. The predicted molar refractivity (Wildman–Crippen MR) is 74.6 cm³/mol. The number of benzene rings is 1. The molecule has 0 aliphatic heterocycles. The van der Waals surface area contributed by atoms with Crippen LogP contribution in [0.1, 0.15) is 36.8 Å². The Morgan fingerprint density at radius 2 is 2.10 bits per heavy atom. The first-order valence-electron chi connectivity index (χ1n) is 6.96. The molecular weight excluding hydrogens is 258 g/mol. The third kappa shape index (κ3) is 2.98. The van der Waals surface area contributed by atoms with Gasteiger partial charge < -0.3 is 5.11 Å². The average molecular weight is 277 g/mol. The lowest BCUT2D eigenvalue weighted by atomic mass is 9.84. The summed E-state index contributed by atoms with van der Waals surface area (Å²) in [6.07, 6.45) is 4.45. The minimum absolute atomic E-state index is 0.0676. The first kappa shape index (κ1) is 14.5. The van der Waals surface area contributed by atoms with Crippen molar-refractivity contribution in [2.75, 3.05) is 0 Å². The van der Waals surface area contributed by atoms with E-state index in [-0.39, 0.29) is 11.6 Å². The van der Waals surface area contributed by atoms with E-state index in [9.17, 15) is 20.0 Å². The van der Waals surface area contributed by atoms with Crippen LogP contribution in [0.25, 0.3) is 0 Å². The lowest BCUT2D eigenvalue weighted by molar-refractivity contribution is -0.385. The first-order chi connectivity index (χ1) is 9.50. The zero-order chi connectivity index (χ0) is 14.7. The van der Waals surface area contributed by atoms with Crippen LogP contribution in [0.15, 0.2) is 18.2 Å². The third-order valence-electron chi connectivity index (χ3n) is 4.34. The molecule has 1 N–H and O–H groups in total. The van der Waals surface area contributed by atoms with E-state index in [0.717, 1.165) is 31.2 Å². The van der Waals surface area contributed by atoms with E-state index in [0.29, 0.717) is 12.0 Å². The zero-order valence-corrected chi connectivity index (χ0v) is 11.5. The van der Waals surface area contributed by atoms with E-state index in [1.165, 1.54) is 6.07 Å². The SMILES string of the molecule is Cc1c(CC(C(=O)O)C2CCCC2)cccc1[N+](=O)[O-]. The van der Waals surface area contributed by atoms with Crippen molar-refractivity contribution in [2.45, 2.75) is 39.0 Å². The van der Waals surface area contributed by atoms with Gasteiger partial charge in [0.05, 0.1) is 10.8 Å². The molecule has 0 bridgehead atoms. The Morgan fingerprint density at radius 1 is 1.45 bits per heavy atom. The quantitative estimate of drug-likeness (QED) is 0.661. The van der Waals surface area contributed by atoms with Gasteiger partial charge in [0.15, 0.2) is 0 Å². The number of carboxylic acids is 1. The molecule has 1 aromatic rings. The number of hydrogen-bond donors (Lipinski definition) is 1. The molecule has 1 unspecified atom stereocenters. The number of aliphatic carboxylic acids is 1. The second-order valence-electron chi connectivity index (χ2n) is 5.51. The number of rotatable bonds is 5. The molecule has 2 rings (SSSR count). The summed E-state index contributed by atoms with van der Waals surface area (Å²) in [5.41, 5.74) is 1.43. The van der Waals surface area contributed by atoms with Gasteiger partial charge in [-0.25, -0.2) is 0 Å². The second-order valence-corrected chi connectivity index (χ2v) is 5.51. The molecule has 1 atom stereocenters. The molecule has 0 saturated heterocycles. The van der Waals surface area contributed by atoms with Gasteiger partial charge >= 0.3 is 5.97 Å². The van der Waals surface area contributed by atoms with Gasteiger partial charge in [0.2, 0.25) is 0 Å². The number of carbonyl (C=O) groups is 1. The van der Waals surface area contributed by atoms with Crippen molar-refractivity contribution in [3.8, 4) is 0 Å². The van der Waals surface area contributed by atoms with E-state index >= 15 is 0 Å². The van der Waals surface area contributed by atoms with E-state index in [1.54, 1.807) is 19.1 Å². The van der Waals surface area contributed by atoms with Crippen LogP contribution in [0.4, 0.5) is 5.69 Å². The van der Waals surface area contributed by atoms with Crippen LogP contribution in [-0.2, 0) is 11.2 Å². The first-order valence-corrected chi connectivity index (χ1v) is 6.96. The topological polar surface area (TPSA) is 80.4 Å². The van der Waals surface area contributed by atoms with Crippen molar-refractivity contribution in [3.05, 3.63) is 39.4 Å². The van der Waals surface area contributed by atoms with E-state index in [2.05, 4.69) is 0 Å². The maximum atomic E-state index is 11.5. The Labute approximate surface area is 117 Å². The molecule has 5 heteroatoms. The Hall–Kier alpha value is -1.91. The Bertz CT molecular complexity index is 521.